The van der Waals surface area contributed by atoms with E-state index in [0.717, 1.165) is 12.3 Å². The van der Waals surface area contributed by atoms with Crippen molar-refractivity contribution in [3.63, 3.8) is 0 Å². The van der Waals surface area contributed by atoms with E-state index in [9.17, 15) is 0 Å². The second kappa shape index (κ2) is 5.74. The molecule has 1 saturated heterocycles. The van der Waals surface area contributed by atoms with Crippen molar-refractivity contribution in [2.24, 2.45) is 11.7 Å². The van der Waals surface area contributed by atoms with Crippen LogP contribution in [0.15, 0.2) is 18.2 Å². The topological polar surface area (TPSA) is 38.5 Å². The van der Waals surface area contributed by atoms with E-state index in [4.69, 9.17) is 10.5 Å². The minimum atomic E-state index is 0.309. The van der Waals surface area contributed by atoms with Gasteiger partial charge in [0.05, 0.1) is 7.11 Å². The molecule has 0 bridgehead atoms. The van der Waals surface area contributed by atoms with E-state index >= 15 is 0 Å². The van der Waals surface area contributed by atoms with Gasteiger partial charge < -0.3 is 10.5 Å². The Bertz CT molecular complexity index is 472. The number of piperidine rings is 1. The third kappa shape index (κ3) is 2.57. The van der Waals surface area contributed by atoms with Crippen molar-refractivity contribution < 1.29 is 4.74 Å². The SMILES string of the molecule is COc1ccc2c(c1)C(N1CCCC(C(C)N)C1)CC2. The van der Waals surface area contributed by atoms with Gasteiger partial charge in [0.2, 0.25) is 0 Å². The normalized spacial score (nSPS) is 28.1. The zero-order valence-corrected chi connectivity index (χ0v) is 12.6. The van der Waals surface area contributed by atoms with Crippen molar-refractivity contribution >= 4 is 0 Å². The quantitative estimate of drug-likeness (QED) is 0.921. The lowest BCUT2D eigenvalue weighted by molar-refractivity contribution is 0.113. The number of fused-ring (bicyclic) bond motifs is 1. The van der Waals surface area contributed by atoms with E-state index in [1.807, 2.05) is 0 Å². The van der Waals surface area contributed by atoms with Gasteiger partial charge in [0.25, 0.3) is 0 Å². The van der Waals surface area contributed by atoms with Gasteiger partial charge in [-0.25, -0.2) is 0 Å². The zero-order valence-electron chi connectivity index (χ0n) is 12.6. The van der Waals surface area contributed by atoms with Crippen molar-refractivity contribution in [3.8, 4) is 5.75 Å². The van der Waals surface area contributed by atoms with Crippen LogP contribution < -0.4 is 10.5 Å². The van der Waals surface area contributed by atoms with Crippen LogP contribution in [-0.2, 0) is 6.42 Å². The molecule has 0 saturated carbocycles. The van der Waals surface area contributed by atoms with E-state index in [2.05, 4.69) is 30.0 Å². The van der Waals surface area contributed by atoms with Gasteiger partial charge in [-0.2, -0.15) is 0 Å². The maximum atomic E-state index is 6.12. The molecule has 0 spiro atoms. The van der Waals surface area contributed by atoms with Gasteiger partial charge >= 0.3 is 0 Å². The second-order valence-electron chi connectivity index (χ2n) is 6.38. The first kappa shape index (κ1) is 13.9. The summed E-state index contributed by atoms with van der Waals surface area (Å²) in [5.74, 6) is 1.63. The molecule has 1 aromatic rings. The summed E-state index contributed by atoms with van der Waals surface area (Å²) in [4.78, 5) is 2.66. The molecule has 1 aliphatic carbocycles. The van der Waals surface area contributed by atoms with Gasteiger partial charge in [0.1, 0.15) is 5.75 Å². The Hall–Kier alpha value is -1.06. The number of rotatable bonds is 3. The van der Waals surface area contributed by atoms with Crippen molar-refractivity contribution in [1.82, 2.24) is 4.90 Å². The van der Waals surface area contributed by atoms with Crippen LogP contribution in [0.4, 0.5) is 0 Å². The smallest absolute Gasteiger partial charge is 0.119 e. The lowest BCUT2D eigenvalue weighted by atomic mass is 9.90. The summed E-state index contributed by atoms with van der Waals surface area (Å²) in [6.07, 6.45) is 5.01. The number of hydrogen-bond donors (Lipinski definition) is 1. The molecule has 3 nitrogen and oxygen atoms in total. The molecule has 0 aromatic heterocycles. The largest absolute Gasteiger partial charge is 0.497 e. The molecule has 0 radical (unpaired) electrons. The van der Waals surface area contributed by atoms with Crippen molar-refractivity contribution in [2.45, 2.75) is 44.7 Å². The first-order chi connectivity index (χ1) is 9.69. The molecule has 3 atom stereocenters. The molecule has 1 aliphatic heterocycles. The van der Waals surface area contributed by atoms with E-state index in [1.54, 1.807) is 7.11 Å². The Kier molecular flexibility index (Phi) is 3.99. The highest BCUT2D eigenvalue weighted by Gasteiger charge is 2.32. The summed E-state index contributed by atoms with van der Waals surface area (Å²) in [5.41, 5.74) is 9.10. The number of nitrogens with two attached hydrogens (primary N) is 1. The lowest BCUT2D eigenvalue weighted by Gasteiger charge is -2.38. The molecule has 1 aromatic carbocycles. The number of ether oxygens (including phenoxy) is 1. The molecule has 1 fully saturated rings. The average Bonchev–Trinajstić information content (AvgIpc) is 2.90. The van der Waals surface area contributed by atoms with Crippen LogP contribution in [0, 0.1) is 5.92 Å². The molecule has 0 amide bonds. The molecular weight excluding hydrogens is 248 g/mol. The van der Waals surface area contributed by atoms with Crippen molar-refractivity contribution in [3.05, 3.63) is 29.3 Å². The fourth-order valence-electron chi connectivity index (χ4n) is 3.82. The summed E-state index contributed by atoms with van der Waals surface area (Å²) >= 11 is 0. The fourth-order valence-corrected chi connectivity index (χ4v) is 3.82. The van der Waals surface area contributed by atoms with E-state index < -0.39 is 0 Å². The highest BCUT2D eigenvalue weighted by Crippen LogP contribution is 2.39. The van der Waals surface area contributed by atoms with Gasteiger partial charge in [-0.05, 0) is 68.3 Å². The Labute approximate surface area is 122 Å². The molecule has 110 valence electrons. The van der Waals surface area contributed by atoms with Crippen LogP contribution in [0.25, 0.3) is 0 Å². The molecular formula is C17H26N2O. The molecule has 1 heterocycles. The Morgan fingerprint density at radius 1 is 1.35 bits per heavy atom. The van der Waals surface area contributed by atoms with Gasteiger partial charge in [-0.3, -0.25) is 4.90 Å². The summed E-state index contributed by atoms with van der Waals surface area (Å²) in [6.45, 7) is 4.52. The van der Waals surface area contributed by atoms with Gasteiger partial charge in [-0.15, -0.1) is 0 Å². The van der Waals surface area contributed by atoms with E-state index in [0.29, 0.717) is 18.0 Å². The van der Waals surface area contributed by atoms with Crippen LogP contribution in [0.3, 0.4) is 0 Å². The molecule has 20 heavy (non-hydrogen) atoms. The standard InChI is InChI=1S/C17H26N2O/c1-12(18)14-4-3-9-19(11-14)17-8-6-13-5-7-15(20-2)10-16(13)17/h5,7,10,12,14,17H,3-4,6,8-9,11,18H2,1-2H3. The lowest BCUT2D eigenvalue weighted by Crippen LogP contribution is -2.43. The Morgan fingerprint density at radius 2 is 2.20 bits per heavy atom. The number of likely N-dealkylation sites (tertiary alicyclic amines) is 1. The van der Waals surface area contributed by atoms with Crippen LogP contribution in [-0.4, -0.2) is 31.1 Å². The first-order valence-electron chi connectivity index (χ1n) is 7.85. The maximum absolute atomic E-state index is 6.12. The maximum Gasteiger partial charge on any atom is 0.119 e. The molecule has 2 aliphatic rings. The van der Waals surface area contributed by atoms with Crippen LogP contribution >= 0.6 is 0 Å². The van der Waals surface area contributed by atoms with Crippen LogP contribution in [0.5, 0.6) is 5.75 Å². The highest BCUT2D eigenvalue weighted by atomic mass is 16.5. The monoisotopic (exact) mass is 274 g/mol. The average molecular weight is 274 g/mol. The third-order valence-electron chi connectivity index (χ3n) is 5.07. The number of methoxy groups -OCH3 is 1. The Balaban J connectivity index is 1.79. The van der Waals surface area contributed by atoms with Crippen molar-refractivity contribution in [1.29, 1.82) is 0 Å². The van der Waals surface area contributed by atoms with Gasteiger partial charge in [0, 0.05) is 18.6 Å². The number of aryl methyl sites for hydroxylation is 1. The highest BCUT2D eigenvalue weighted by molar-refractivity contribution is 5.40. The number of nitrogens with zero attached hydrogens (tertiary/aromatic N) is 1. The summed E-state index contributed by atoms with van der Waals surface area (Å²) < 4.78 is 5.40. The molecule has 3 rings (SSSR count). The fraction of sp³-hybridized carbons (Fsp3) is 0.647. The minimum Gasteiger partial charge on any atom is -0.497 e. The predicted octanol–water partition coefficient (Wildman–Crippen LogP) is 2.74. The van der Waals surface area contributed by atoms with E-state index in [1.165, 1.54) is 43.4 Å². The molecule has 3 unspecified atom stereocenters. The summed E-state index contributed by atoms with van der Waals surface area (Å²) in [5, 5.41) is 0. The molecule has 2 N–H and O–H groups in total. The number of benzene rings is 1. The third-order valence-corrected chi connectivity index (χ3v) is 5.07. The second-order valence-corrected chi connectivity index (χ2v) is 6.38. The van der Waals surface area contributed by atoms with E-state index in [-0.39, 0.29) is 0 Å². The van der Waals surface area contributed by atoms with Crippen LogP contribution in [0.1, 0.15) is 43.4 Å². The molecule has 3 heteroatoms. The minimum absolute atomic E-state index is 0.309. The van der Waals surface area contributed by atoms with Crippen molar-refractivity contribution in [2.75, 3.05) is 20.2 Å². The zero-order chi connectivity index (χ0) is 14.1. The summed E-state index contributed by atoms with van der Waals surface area (Å²) in [6, 6.07) is 7.44. The van der Waals surface area contributed by atoms with Gasteiger partial charge in [0.15, 0.2) is 0 Å². The summed E-state index contributed by atoms with van der Waals surface area (Å²) in [7, 11) is 1.75. The van der Waals surface area contributed by atoms with Gasteiger partial charge in [-0.1, -0.05) is 6.07 Å². The predicted molar refractivity (Wildman–Crippen MR) is 82.0 cm³/mol. The van der Waals surface area contributed by atoms with Crippen LogP contribution in [0.2, 0.25) is 0 Å². The Morgan fingerprint density at radius 3 is 2.95 bits per heavy atom. The number of hydrogen-bond acceptors (Lipinski definition) is 3. The first-order valence-corrected chi connectivity index (χ1v) is 7.85.